The first-order chi connectivity index (χ1) is 19.8. The van der Waals surface area contributed by atoms with Crippen LogP contribution in [0.3, 0.4) is 0 Å². The van der Waals surface area contributed by atoms with E-state index in [1.807, 2.05) is 0 Å². The predicted molar refractivity (Wildman–Crippen MR) is 171 cm³/mol. The largest absolute Gasteiger partial charge is 0.0622 e. The summed E-state index contributed by atoms with van der Waals surface area (Å²) in [5, 5.41) is 5.10. The Balaban J connectivity index is 1.34. The Hall–Kier alpha value is -5.20. The third-order valence-corrected chi connectivity index (χ3v) is 8.22. The molecule has 0 fully saturated rings. The summed E-state index contributed by atoms with van der Waals surface area (Å²) in [6.07, 6.45) is 2.35. The fourth-order valence-electron chi connectivity index (χ4n) is 6.31. The molecular weight excluding hydrogens is 480 g/mol. The van der Waals surface area contributed by atoms with Gasteiger partial charge in [-0.05, 0) is 95.4 Å². The van der Waals surface area contributed by atoms with Crippen LogP contribution < -0.4 is 0 Å². The van der Waals surface area contributed by atoms with Crippen molar-refractivity contribution < 1.29 is 0 Å². The van der Waals surface area contributed by atoms with Crippen molar-refractivity contribution in [3.8, 4) is 33.4 Å². The molecule has 0 nitrogen and oxygen atoms in total. The van der Waals surface area contributed by atoms with Gasteiger partial charge in [-0.3, -0.25) is 0 Å². The lowest BCUT2D eigenvalue weighted by Gasteiger charge is -2.10. The molecule has 7 aromatic rings. The molecule has 0 aromatic heterocycles. The number of hydrogen-bond donors (Lipinski definition) is 0. The molecule has 0 spiro atoms. The fourth-order valence-corrected chi connectivity index (χ4v) is 6.31. The van der Waals surface area contributed by atoms with Gasteiger partial charge >= 0.3 is 0 Å². The van der Waals surface area contributed by atoms with E-state index in [9.17, 15) is 0 Å². The van der Waals surface area contributed by atoms with Crippen molar-refractivity contribution in [3.63, 3.8) is 0 Å². The zero-order valence-corrected chi connectivity index (χ0v) is 22.0. The summed E-state index contributed by atoms with van der Waals surface area (Å²) >= 11 is 0. The summed E-state index contributed by atoms with van der Waals surface area (Å²) in [7, 11) is 0. The molecule has 8 rings (SSSR count). The maximum absolute atomic E-state index is 2.39. The van der Waals surface area contributed by atoms with E-state index >= 15 is 0 Å². The van der Waals surface area contributed by atoms with Gasteiger partial charge in [-0.1, -0.05) is 140 Å². The summed E-state index contributed by atoms with van der Waals surface area (Å²) in [6.45, 7) is 0. The van der Waals surface area contributed by atoms with Crippen LogP contribution in [-0.4, -0.2) is 0 Å². The molecule has 0 heteroatoms. The Morgan fingerprint density at radius 1 is 0.325 bits per heavy atom. The average molecular weight is 507 g/mol. The second kappa shape index (κ2) is 9.22. The van der Waals surface area contributed by atoms with Gasteiger partial charge in [0, 0.05) is 0 Å². The van der Waals surface area contributed by atoms with E-state index in [0.29, 0.717) is 0 Å². The molecule has 1 aliphatic carbocycles. The second-order valence-electron chi connectivity index (χ2n) is 10.5. The van der Waals surface area contributed by atoms with Gasteiger partial charge in [-0.2, -0.15) is 0 Å². The first-order valence-electron chi connectivity index (χ1n) is 13.9. The van der Waals surface area contributed by atoms with Gasteiger partial charge in [0.2, 0.25) is 0 Å². The minimum atomic E-state index is 1.21. The SMILES string of the molecule is C(=C1c2cc(-c3cccc4ccccc34)ccc2-c2ccc(-c3cccc4ccccc34)cc21)c1ccccc1. The third kappa shape index (κ3) is 3.69. The number of benzene rings is 7. The van der Waals surface area contributed by atoms with E-state index in [-0.39, 0.29) is 0 Å². The van der Waals surface area contributed by atoms with Gasteiger partial charge in [0.05, 0.1) is 0 Å². The molecule has 0 aliphatic heterocycles. The molecule has 0 heterocycles. The van der Waals surface area contributed by atoms with Gasteiger partial charge in [0.25, 0.3) is 0 Å². The van der Waals surface area contributed by atoms with Crippen LogP contribution in [0.5, 0.6) is 0 Å². The molecule has 0 bridgehead atoms. The van der Waals surface area contributed by atoms with Gasteiger partial charge in [0.1, 0.15) is 0 Å². The first kappa shape index (κ1) is 22.8. The molecule has 7 aromatic carbocycles. The highest BCUT2D eigenvalue weighted by atomic mass is 14.3. The smallest absolute Gasteiger partial charge is 0.00926 e. The number of fused-ring (bicyclic) bond motifs is 5. The van der Waals surface area contributed by atoms with Crippen LogP contribution in [0, 0.1) is 0 Å². The molecule has 40 heavy (non-hydrogen) atoms. The highest BCUT2D eigenvalue weighted by Crippen LogP contribution is 2.48. The maximum Gasteiger partial charge on any atom is -0.00926 e. The average Bonchev–Trinajstić information content (AvgIpc) is 3.32. The first-order valence-corrected chi connectivity index (χ1v) is 13.9. The number of rotatable bonds is 3. The lowest BCUT2D eigenvalue weighted by Crippen LogP contribution is -1.87. The fraction of sp³-hybridized carbons (Fsp3) is 0. The van der Waals surface area contributed by atoms with E-state index < -0.39 is 0 Å². The van der Waals surface area contributed by atoms with Crippen molar-refractivity contribution in [2.45, 2.75) is 0 Å². The molecule has 0 N–H and O–H groups in total. The van der Waals surface area contributed by atoms with Gasteiger partial charge in [-0.15, -0.1) is 0 Å². The monoisotopic (exact) mass is 506 g/mol. The molecule has 0 unspecified atom stereocenters. The standard InChI is InChI=1S/C40H26/c1-2-10-27(11-3-1)24-38-39-25-30(34-18-8-14-28-12-4-6-16-32(28)34)20-22-36(39)37-23-21-31(26-40(37)38)35-19-9-15-29-13-5-7-17-33(29)35/h1-26H. The van der Waals surface area contributed by atoms with Crippen molar-refractivity contribution in [1.29, 1.82) is 0 Å². The summed E-state index contributed by atoms with van der Waals surface area (Å²) in [6, 6.07) is 55.2. The molecule has 0 atom stereocenters. The van der Waals surface area contributed by atoms with Crippen molar-refractivity contribution in [1.82, 2.24) is 0 Å². The molecule has 186 valence electrons. The van der Waals surface area contributed by atoms with Crippen molar-refractivity contribution in [2.75, 3.05) is 0 Å². The topological polar surface area (TPSA) is 0 Å². The molecule has 1 aliphatic rings. The van der Waals surface area contributed by atoms with E-state index in [1.54, 1.807) is 0 Å². The van der Waals surface area contributed by atoms with Crippen LogP contribution in [0.2, 0.25) is 0 Å². The molecule has 0 radical (unpaired) electrons. The molecule has 0 amide bonds. The molecule has 0 saturated carbocycles. The predicted octanol–water partition coefficient (Wildman–Crippen LogP) is 10.9. The van der Waals surface area contributed by atoms with E-state index in [4.69, 9.17) is 0 Å². The molecular formula is C40H26. The minimum Gasteiger partial charge on any atom is -0.0622 e. The Kier molecular flexibility index (Phi) is 5.24. The highest BCUT2D eigenvalue weighted by Gasteiger charge is 2.25. The zero-order valence-electron chi connectivity index (χ0n) is 22.0. The highest BCUT2D eigenvalue weighted by molar-refractivity contribution is 6.09. The normalized spacial score (nSPS) is 11.9. The lowest BCUT2D eigenvalue weighted by molar-refractivity contribution is 1.61. The van der Waals surface area contributed by atoms with Gasteiger partial charge < -0.3 is 0 Å². The van der Waals surface area contributed by atoms with Gasteiger partial charge in [-0.25, -0.2) is 0 Å². The summed E-state index contributed by atoms with van der Waals surface area (Å²) < 4.78 is 0. The van der Waals surface area contributed by atoms with Crippen LogP contribution >= 0.6 is 0 Å². The maximum atomic E-state index is 2.39. The lowest BCUT2D eigenvalue weighted by atomic mass is 9.93. The molecule has 0 saturated heterocycles. The summed E-state index contributed by atoms with van der Waals surface area (Å²) in [5.41, 5.74) is 12.7. The summed E-state index contributed by atoms with van der Waals surface area (Å²) in [5.74, 6) is 0. The second-order valence-corrected chi connectivity index (χ2v) is 10.5. The Morgan fingerprint density at radius 3 is 1.35 bits per heavy atom. The van der Waals surface area contributed by atoms with Gasteiger partial charge in [0.15, 0.2) is 0 Å². The zero-order chi connectivity index (χ0) is 26.5. The quantitative estimate of drug-likeness (QED) is 0.223. The van der Waals surface area contributed by atoms with Crippen molar-refractivity contribution in [3.05, 3.63) is 168 Å². The van der Waals surface area contributed by atoms with E-state index in [2.05, 4.69) is 158 Å². The van der Waals surface area contributed by atoms with Crippen LogP contribution in [-0.2, 0) is 0 Å². The van der Waals surface area contributed by atoms with E-state index in [0.717, 1.165) is 0 Å². The van der Waals surface area contributed by atoms with Crippen LogP contribution in [0.1, 0.15) is 16.7 Å². The third-order valence-electron chi connectivity index (χ3n) is 8.22. The Labute approximate surface area is 234 Å². The van der Waals surface area contributed by atoms with Crippen molar-refractivity contribution in [2.24, 2.45) is 0 Å². The Morgan fingerprint density at radius 2 is 0.800 bits per heavy atom. The number of hydrogen-bond acceptors (Lipinski definition) is 0. The van der Waals surface area contributed by atoms with E-state index in [1.165, 1.54) is 77.2 Å². The minimum absolute atomic E-state index is 1.21. The Bertz CT molecular complexity index is 1950. The summed E-state index contributed by atoms with van der Waals surface area (Å²) in [4.78, 5) is 0. The van der Waals surface area contributed by atoms with Crippen LogP contribution in [0.15, 0.2) is 152 Å². The van der Waals surface area contributed by atoms with Crippen LogP contribution in [0.4, 0.5) is 0 Å². The van der Waals surface area contributed by atoms with Crippen molar-refractivity contribution >= 4 is 33.2 Å². The van der Waals surface area contributed by atoms with Crippen LogP contribution in [0.25, 0.3) is 66.6 Å².